The summed E-state index contributed by atoms with van der Waals surface area (Å²) in [6.07, 6.45) is 0.276. The fourth-order valence-electron chi connectivity index (χ4n) is 1.09. The first-order valence-electron chi connectivity index (χ1n) is 4.26. The van der Waals surface area contributed by atoms with Crippen LogP contribution in [0.15, 0.2) is 29.4 Å². The smallest absolute Gasteiger partial charge is 0.235 e. The van der Waals surface area contributed by atoms with Crippen LogP contribution in [0.25, 0.3) is 10.4 Å². The Bertz CT molecular complexity index is 395. The molecule has 0 heterocycles. The van der Waals surface area contributed by atoms with Crippen LogP contribution in [0.3, 0.4) is 0 Å². The molecule has 1 amide bonds. The van der Waals surface area contributed by atoms with Gasteiger partial charge in [-0.05, 0) is 34.8 Å². The molecule has 0 aliphatic rings. The number of phenols is 1. The molecule has 0 aliphatic heterocycles. The molecular formula is C9H10N4O2. The normalized spacial score (nSPS) is 11.5. The van der Waals surface area contributed by atoms with Crippen LogP contribution in [0.2, 0.25) is 0 Å². The zero-order valence-electron chi connectivity index (χ0n) is 7.87. The van der Waals surface area contributed by atoms with Crippen molar-refractivity contribution in [2.45, 2.75) is 12.5 Å². The molecule has 0 spiro atoms. The number of phenolic OH excluding ortho intramolecular Hbond substituents is 1. The van der Waals surface area contributed by atoms with E-state index in [1.54, 1.807) is 12.1 Å². The lowest BCUT2D eigenvalue weighted by Crippen LogP contribution is -2.31. The van der Waals surface area contributed by atoms with Gasteiger partial charge in [-0.2, -0.15) is 0 Å². The molecule has 6 heteroatoms. The highest BCUT2D eigenvalue weighted by molar-refractivity contribution is 5.82. The van der Waals surface area contributed by atoms with E-state index in [4.69, 9.17) is 16.4 Å². The molecule has 0 fully saturated rings. The van der Waals surface area contributed by atoms with Crippen LogP contribution in [0, 0.1) is 0 Å². The van der Waals surface area contributed by atoms with E-state index in [1.807, 2.05) is 0 Å². The van der Waals surface area contributed by atoms with Gasteiger partial charge in [-0.3, -0.25) is 4.79 Å². The van der Waals surface area contributed by atoms with Crippen LogP contribution in [0.5, 0.6) is 5.75 Å². The minimum absolute atomic E-state index is 0.147. The molecule has 1 atom stereocenters. The summed E-state index contributed by atoms with van der Waals surface area (Å²) in [5.74, 6) is -0.542. The Morgan fingerprint density at radius 3 is 2.67 bits per heavy atom. The van der Waals surface area contributed by atoms with Crippen LogP contribution in [-0.2, 0) is 11.2 Å². The van der Waals surface area contributed by atoms with Gasteiger partial charge in [0.2, 0.25) is 5.91 Å². The highest BCUT2D eigenvalue weighted by Gasteiger charge is 2.11. The van der Waals surface area contributed by atoms with E-state index in [0.29, 0.717) is 0 Å². The van der Waals surface area contributed by atoms with Gasteiger partial charge < -0.3 is 10.8 Å². The van der Waals surface area contributed by atoms with Crippen molar-refractivity contribution >= 4 is 5.91 Å². The van der Waals surface area contributed by atoms with E-state index >= 15 is 0 Å². The van der Waals surface area contributed by atoms with Crippen LogP contribution >= 0.6 is 0 Å². The number of nitrogens with two attached hydrogens (primary N) is 1. The summed E-state index contributed by atoms with van der Waals surface area (Å²) in [5, 5.41) is 11.9. The summed E-state index contributed by atoms with van der Waals surface area (Å²) in [6.45, 7) is 0. The average molecular weight is 206 g/mol. The minimum atomic E-state index is -0.842. The Morgan fingerprint density at radius 2 is 2.13 bits per heavy atom. The summed E-state index contributed by atoms with van der Waals surface area (Å²) in [4.78, 5) is 13.4. The monoisotopic (exact) mass is 206 g/mol. The molecule has 1 unspecified atom stereocenters. The van der Waals surface area contributed by atoms with Crippen molar-refractivity contribution in [1.29, 1.82) is 0 Å². The molecule has 0 radical (unpaired) electrons. The first kappa shape index (κ1) is 11.0. The fourth-order valence-corrected chi connectivity index (χ4v) is 1.09. The second kappa shape index (κ2) is 4.99. The van der Waals surface area contributed by atoms with Gasteiger partial charge in [0.25, 0.3) is 0 Å². The quantitative estimate of drug-likeness (QED) is 0.438. The zero-order chi connectivity index (χ0) is 11.3. The van der Waals surface area contributed by atoms with Crippen molar-refractivity contribution in [2.75, 3.05) is 0 Å². The van der Waals surface area contributed by atoms with E-state index < -0.39 is 11.9 Å². The molecule has 3 N–H and O–H groups in total. The lowest BCUT2D eigenvalue weighted by Gasteiger charge is -2.06. The van der Waals surface area contributed by atoms with Gasteiger partial charge in [0, 0.05) is 4.91 Å². The summed E-state index contributed by atoms with van der Waals surface area (Å²) in [7, 11) is 0. The number of benzene rings is 1. The van der Waals surface area contributed by atoms with Gasteiger partial charge in [0.1, 0.15) is 5.75 Å². The molecule has 78 valence electrons. The van der Waals surface area contributed by atoms with Gasteiger partial charge in [0.15, 0.2) is 0 Å². The maximum atomic E-state index is 11.0. The predicted molar refractivity (Wildman–Crippen MR) is 53.9 cm³/mol. The highest BCUT2D eigenvalue weighted by atomic mass is 16.3. The summed E-state index contributed by atoms with van der Waals surface area (Å²) in [5.41, 5.74) is 14.3. The lowest BCUT2D eigenvalue weighted by atomic mass is 10.1. The van der Waals surface area contributed by atoms with Crippen molar-refractivity contribution in [2.24, 2.45) is 10.8 Å². The number of azide groups is 1. The Balaban J connectivity index is 2.65. The number of carbonyl (C=O) groups is 1. The number of hydrogen-bond donors (Lipinski definition) is 2. The van der Waals surface area contributed by atoms with Gasteiger partial charge in [-0.15, -0.1) is 0 Å². The van der Waals surface area contributed by atoms with E-state index in [-0.39, 0.29) is 12.2 Å². The standard InChI is InChI=1S/C9H10N4O2/c10-8(9(15)12-13-11)5-6-1-3-7(14)4-2-6/h1-4,8,14H,5,10H2. The van der Waals surface area contributed by atoms with Crippen molar-refractivity contribution in [3.05, 3.63) is 40.3 Å². The van der Waals surface area contributed by atoms with E-state index in [1.165, 1.54) is 12.1 Å². The third kappa shape index (κ3) is 3.30. The molecule has 1 rings (SSSR count). The Hall–Kier alpha value is -2.04. The van der Waals surface area contributed by atoms with Crippen molar-refractivity contribution in [3.8, 4) is 5.75 Å². The number of nitrogens with zero attached hydrogens (tertiary/aromatic N) is 3. The van der Waals surface area contributed by atoms with Crippen LogP contribution in [-0.4, -0.2) is 17.1 Å². The SMILES string of the molecule is [N-]=[N+]=NC(=O)C(N)Cc1ccc(O)cc1. The second-order valence-electron chi connectivity index (χ2n) is 3.00. The van der Waals surface area contributed by atoms with Crippen LogP contribution < -0.4 is 5.73 Å². The number of carbonyl (C=O) groups excluding carboxylic acids is 1. The average Bonchev–Trinajstić information content (AvgIpc) is 2.22. The number of aromatic hydroxyl groups is 1. The van der Waals surface area contributed by atoms with Gasteiger partial charge >= 0.3 is 0 Å². The summed E-state index contributed by atoms with van der Waals surface area (Å²) >= 11 is 0. The molecule has 1 aromatic rings. The highest BCUT2D eigenvalue weighted by Crippen LogP contribution is 2.11. The predicted octanol–water partition coefficient (Wildman–Crippen LogP) is 1.10. The number of hydrogen-bond acceptors (Lipinski definition) is 3. The van der Waals surface area contributed by atoms with E-state index in [0.717, 1.165) is 5.56 Å². The van der Waals surface area contributed by atoms with Gasteiger partial charge in [-0.25, -0.2) is 0 Å². The third-order valence-corrected chi connectivity index (χ3v) is 1.85. The van der Waals surface area contributed by atoms with Crippen LogP contribution in [0.4, 0.5) is 0 Å². The van der Waals surface area contributed by atoms with E-state index in [9.17, 15) is 4.79 Å². The Kier molecular flexibility index (Phi) is 3.68. The maximum absolute atomic E-state index is 11.0. The Labute approximate surface area is 86.0 Å². The fraction of sp³-hybridized carbons (Fsp3) is 0.222. The summed E-state index contributed by atoms with van der Waals surface area (Å²) in [6, 6.07) is 5.46. The largest absolute Gasteiger partial charge is 0.508 e. The maximum Gasteiger partial charge on any atom is 0.235 e. The molecule has 0 saturated heterocycles. The third-order valence-electron chi connectivity index (χ3n) is 1.85. The van der Waals surface area contributed by atoms with Gasteiger partial charge in [-0.1, -0.05) is 12.1 Å². The number of rotatable bonds is 3. The zero-order valence-corrected chi connectivity index (χ0v) is 7.87. The summed E-state index contributed by atoms with van der Waals surface area (Å²) < 4.78 is 0. The lowest BCUT2D eigenvalue weighted by molar-refractivity contribution is -0.119. The second-order valence-corrected chi connectivity index (χ2v) is 3.00. The van der Waals surface area contributed by atoms with Crippen molar-refractivity contribution in [3.63, 3.8) is 0 Å². The molecule has 0 aliphatic carbocycles. The van der Waals surface area contributed by atoms with Crippen molar-refractivity contribution < 1.29 is 9.90 Å². The molecule has 15 heavy (non-hydrogen) atoms. The van der Waals surface area contributed by atoms with E-state index in [2.05, 4.69) is 10.0 Å². The first-order valence-corrected chi connectivity index (χ1v) is 4.26. The molecule has 0 aromatic heterocycles. The first-order chi connectivity index (χ1) is 7.13. The molecule has 0 saturated carbocycles. The van der Waals surface area contributed by atoms with Gasteiger partial charge in [0.05, 0.1) is 6.04 Å². The molecule has 0 bridgehead atoms. The topological polar surface area (TPSA) is 112 Å². The number of amides is 1. The molecular weight excluding hydrogens is 196 g/mol. The molecule has 1 aromatic carbocycles. The molecule has 6 nitrogen and oxygen atoms in total. The van der Waals surface area contributed by atoms with Crippen molar-refractivity contribution in [1.82, 2.24) is 0 Å². The van der Waals surface area contributed by atoms with Crippen LogP contribution in [0.1, 0.15) is 5.56 Å². The Morgan fingerprint density at radius 1 is 1.53 bits per heavy atom. The minimum Gasteiger partial charge on any atom is -0.508 e.